The Labute approximate surface area is 93.6 Å². The molecule has 1 heterocycles. The fraction of sp³-hybridized carbons (Fsp3) is 1.00. The van der Waals surface area contributed by atoms with Gasteiger partial charge in [0.15, 0.2) is 0 Å². The minimum atomic E-state index is -0.410. The summed E-state index contributed by atoms with van der Waals surface area (Å²) in [6.45, 7) is 10.0. The van der Waals surface area contributed by atoms with E-state index in [1.165, 1.54) is 25.9 Å². The van der Waals surface area contributed by atoms with Crippen LogP contribution in [0.15, 0.2) is 0 Å². The molecule has 1 rings (SSSR count). The maximum atomic E-state index is 9.06. The first-order valence-corrected chi connectivity index (χ1v) is 5.97. The zero-order valence-electron chi connectivity index (χ0n) is 10.4. The largest absolute Gasteiger partial charge is 0.394 e. The van der Waals surface area contributed by atoms with E-state index < -0.39 is 5.54 Å². The molecule has 3 N–H and O–H groups in total. The van der Waals surface area contributed by atoms with Crippen molar-refractivity contribution in [1.29, 1.82) is 0 Å². The molecule has 0 aliphatic carbocycles. The number of aliphatic hydroxyl groups excluding tert-OH is 1. The normalized spacial score (nSPS) is 26.2. The molecule has 1 saturated heterocycles. The van der Waals surface area contributed by atoms with E-state index in [9.17, 15) is 0 Å². The molecule has 0 bridgehead atoms. The first-order chi connectivity index (χ1) is 6.85. The molecular formula is C12H26N2O. The second-order valence-corrected chi connectivity index (χ2v) is 6.07. The first-order valence-electron chi connectivity index (χ1n) is 5.97. The van der Waals surface area contributed by atoms with Gasteiger partial charge in [0.2, 0.25) is 0 Å². The van der Waals surface area contributed by atoms with E-state index in [1.807, 2.05) is 6.92 Å². The van der Waals surface area contributed by atoms with Crippen LogP contribution in [0.3, 0.4) is 0 Å². The van der Waals surface area contributed by atoms with Crippen molar-refractivity contribution < 1.29 is 5.11 Å². The molecule has 0 radical (unpaired) electrons. The Balaban J connectivity index is 2.25. The third-order valence-corrected chi connectivity index (χ3v) is 3.57. The van der Waals surface area contributed by atoms with Gasteiger partial charge in [-0.3, -0.25) is 0 Å². The molecule has 0 aromatic rings. The third kappa shape index (κ3) is 4.49. The van der Waals surface area contributed by atoms with Crippen LogP contribution in [0.1, 0.15) is 40.0 Å². The molecule has 3 nitrogen and oxygen atoms in total. The van der Waals surface area contributed by atoms with Crippen LogP contribution in [0, 0.1) is 5.41 Å². The van der Waals surface area contributed by atoms with E-state index in [0.717, 1.165) is 13.0 Å². The Morgan fingerprint density at radius 1 is 1.33 bits per heavy atom. The molecule has 0 spiro atoms. The number of hydrogen-bond acceptors (Lipinski definition) is 3. The average Bonchev–Trinajstić information content (AvgIpc) is 2.16. The molecule has 90 valence electrons. The quantitative estimate of drug-likeness (QED) is 0.739. The van der Waals surface area contributed by atoms with Crippen molar-refractivity contribution in [3.05, 3.63) is 0 Å². The van der Waals surface area contributed by atoms with E-state index in [1.54, 1.807) is 0 Å². The van der Waals surface area contributed by atoms with Gasteiger partial charge in [0, 0.05) is 5.54 Å². The molecule has 0 saturated carbocycles. The van der Waals surface area contributed by atoms with Gasteiger partial charge in [0.1, 0.15) is 0 Å². The lowest BCUT2D eigenvalue weighted by Crippen LogP contribution is -2.45. The van der Waals surface area contributed by atoms with E-state index in [2.05, 4.69) is 18.7 Å². The lowest BCUT2D eigenvalue weighted by Gasteiger charge is -2.38. The van der Waals surface area contributed by atoms with Crippen molar-refractivity contribution in [3.8, 4) is 0 Å². The van der Waals surface area contributed by atoms with Crippen LogP contribution >= 0.6 is 0 Å². The Morgan fingerprint density at radius 2 is 1.87 bits per heavy atom. The van der Waals surface area contributed by atoms with Gasteiger partial charge in [-0.2, -0.15) is 0 Å². The van der Waals surface area contributed by atoms with Gasteiger partial charge in [-0.05, 0) is 51.2 Å². The summed E-state index contributed by atoms with van der Waals surface area (Å²) in [7, 11) is 0. The maximum absolute atomic E-state index is 9.06. The summed E-state index contributed by atoms with van der Waals surface area (Å²) in [5, 5.41) is 9.06. The number of rotatable bonds is 4. The van der Waals surface area contributed by atoms with Gasteiger partial charge in [-0.25, -0.2) is 0 Å². The van der Waals surface area contributed by atoms with Crippen molar-refractivity contribution in [2.45, 2.75) is 45.6 Å². The highest BCUT2D eigenvalue weighted by Crippen LogP contribution is 2.29. The number of nitrogens with zero attached hydrogens (tertiary/aromatic N) is 1. The van der Waals surface area contributed by atoms with Crippen LogP contribution in [0.25, 0.3) is 0 Å². The standard InChI is InChI=1S/C12H26N2O/c1-11(2)4-7-14(8-5-11)9-6-12(3,13)10-15/h15H,4-10,13H2,1-3H3. The highest BCUT2D eigenvalue weighted by molar-refractivity contribution is 4.82. The molecule has 3 heteroatoms. The van der Waals surface area contributed by atoms with Gasteiger partial charge in [0.25, 0.3) is 0 Å². The topological polar surface area (TPSA) is 49.5 Å². The first kappa shape index (κ1) is 12.9. The van der Waals surface area contributed by atoms with Gasteiger partial charge in [0.05, 0.1) is 6.61 Å². The molecular weight excluding hydrogens is 188 g/mol. The Morgan fingerprint density at radius 3 is 2.33 bits per heavy atom. The van der Waals surface area contributed by atoms with Crippen molar-refractivity contribution in [1.82, 2.24) is 4.90 Å². The minimum absolute atomic E-state index is 0.0757. The number of piperidine rings is 1. The lowest BCUT2D eigenvalue weighted by molar-refractivity contribution is 0.115. The molecule has 1 fully saturated rings. The summed E-state index contributed by atoms with van der Waals surface area (Å²) in [5.74, 6) is 0. The van der Waals surface area contributed by atoms with Gasteiger partial charge in [-0.1, -0.05) is 13.8 Å². The Bertz CT molecular complexity index is 192. The molecule has 1 atom stereocenters. The SMILES string of the molecule is CC1(C)CCN(CCC(C)(N)CO)CC1. The summed E-state index contributed by atoms with van der Waals surface area (Å²) in [4.78, 5) is 2.46. The van der Waals surface area contributed by atoms with E-state index in [4.69, 9.17) is 10.8 Å². The van der Waals surface area contributed by atoms with E-state index in [-0.39, 0.29) is 6.61 Å². The predicted molar refractivity (Wildman–Crippen MR) is 63.8 cm³/mol. The summed E-state index contributed by atoms with van der Waals surface area (Å²) in [5.41, 5.74) is 6.01. The summed E-state index contributed by atoms with van der Waals surface area (Å²) >= 11 is 0. The smallest absolute Gasteiger partial charge is 0.0608 e. The van der Waals surface area contributed by atoms with E-state index >= 15 is 0 Å². The van der Waals surface area contributed by atoms with Crippen molar-refractivity contribution in [3.63, 3.8) is 0 Å². The van der Waals surface area contributed by atoms with Crippen LogP contribution in [-0.2, 0) is 0 Å². The van der Waals surface area contributed by atoms with Gasteiger partial charge in [-0.15, -0.1) is 0 Å². The fourth-order valence-electron chi connectivity index (χ4n) is 1.87. The van der Waals surface area contributed by atoms with Crippen LogP contribution in [-0.4, -0.2) is 41.8 Å². The number of nitrogens with two attached hydrogens (primary N) is 1. The lowest BCUT2D eigenvalue weighted by atomic mass is 9.82. The predicted octanol–water partition coefficient (Wildman–Crippen LogP) is 1.21. The second-order valence-electron chi connectivity index (χ2n) is 6.07. The Kier molecular flexibility index (Phi) is 4.15. The van der Waals surface area contributed by atoms with Crippen LogP contribution in [0.5, 0.6) is 0 Å². The van der Waals surface area contributed by atoms with Gasteiger partial charge < -0.3 is 15.7 Å². The molecule has 0 aromatic heterocycles. The minimum Gasteiger partial charge on any atom is -0.394 e. The molecule has 1 aliphatic rings. The van der Waals surface area contributed by atoms with Crippen molar-refractivity contribution in [2.75, 3.05) is 26.2 Å². The highest BCUT2D eigenvalue weighted by Gasteiger charge is 2.26. The zero-order valence-corrected chi connectivity index (χ0v) is 10.4. The number of aliphatic hydroxyl groups is 1. The average molecular weight is 214 g/mol. The summed E-state index contributed by atoms with van der Waals surface area (Å²) in [6.07, 6.45) is 3.42. The maximum Gasteiger partial charge on any atom is 0.0608 e. The van der Waals surface area contributed by atoms with Crippen LogP contribution in [0.4, 0.5) is 0 Å². The molecule has 1 aliphatic heterocycles. The third-order valence-electron chi connectivity index (χ3n) is 3.57. The monoisotopic (exact) mass is 214 g/mol. The fourth-order valence-corrected chi connectivity index (χ4v) is 1.87. The summed E-state index contributed by atoms with van der Waals surface area (Å²) < 4.78 is 0. The summed E-state index contributed by atoms with van der Waals surface area (Å²) in [6, 6.07) is 0. The molecule has 0 amide bonds. The van der Waals surface area contributed by atoms with Crippen molar-refractivity contribution >= 4 is 0 Å². The second kappa shape index (κ2) is 4.81. The van der Waals surface area contributed by atoms with E-state index in [0.29, 0.717) is 5.41 Å². The Hall–Kier alpha value is -0.120. The molecule has 0 aromatic carbocycles. The molecule has 15 heavy (non-hydrogen) atoms. The van der Waals surface area contributed by atoms with Gasteiger partial charge >= 0.3 is 0 Å². The zero-order chi connectivity index (χ0) is 11.5. The highest BCUT2D eigenvalue weighted by atomic mass is 16.3. The number of likely N-dealkylation sites (tertiary alicyclic amines) is 1. The molecule has 1 unspecified atom stereocenters. The van der Waals surface area contributed by atoms with Crippen LogP contribution < -0.4 is 5.73 Å². The number of hydrogen-bond donors (Lipinski definition) is 2. The van der Waals surface area contributed by atoms with Crippen molar-refractivity contribution in [2.24, 2.45) is 11.1 Å². The van der Waals surface area contributed by atoms with Crippen LogP contribution in [0.2, 0.25) is 0 Å².